The fourth-order valence-electron chi connectivity index (χ4n) is 3.17. The van der Waals surface area contributed by atoms with Crippen molar-refractivity contribution < 1.29 is 8.42 Å². The van der Waals surface area contributed by atoms with Gasteiger partial charge in [0, 0.05) is 5.69 Å². The first-order valence-corrected chi connectivity index (χ1v) is 12.3. The zero-order chi connectivity index (χ0) is 18.9. The van der Waals surface area contributed by atoms with Crippen molar-refractivity contribution >= 4 is 15.7 Å². The topological polar surface area (TPSA) is 46.2 Å². The largest absolute Gasteiger partial charge is 0.284 e. The highest BCUT2D eigenvalue weighted by Gasteiger charge is 2.09. The van der Waals surface area contributed by atoms with Gasteiger partial charge in [0.15, 0.2) is 0 Å². The molecule has 149 valence electrons. The zero-order valence-corrected chi connectivity index (χ0v) is 17.5. The summed E-state index contributed by atoms with van der Waals surface area (Å²) in [4.78, 5) is 0. The fourth-order valence-corrected chi connectivity index (χ4v) is 4.35. The van der Waals surface area contributed by atoms with E-state index in [-0.39, 0.29) is 5.75 Å². The summed E-state index contributed by atoms with van der Waals surface area (Å²) in [5, 5.41) is 0. The highest BCUT2D eigenvalue weighted by molar-refractivity contribution is 7.92. The van der Waals surface area contributed by atoms with Gasteiger partial charge in [-0.3, -0.25) is 4.72 Å². The van der Waals surface area contributed by atoms with Gasteiger partial charge in [0.25, 0.3) is 0 Å². The molecule has 1 radical (unpaired) electrons. The van der Waals surface area contributed by atoms with E-state index >= 15 is 0 Å². The lowest BCUT2D eigenvalue weighted by Crippen LogP contribution is -2.16. The second-order valence-corrected chi connectivity index (χ2v) is 9.15. The molecule has 1 aromatic carbocycles. The van der Waals surface area contributed by atoms with E-state index in [4.69, 9.17) is 0 Å². The molecule has 1 aromatic rings. The van der Waals surface area contributed by atoms with E-state index in [0.29, 0.717) is 5.69 Å². The normalized spacial score (nSPS) is 11.6. The summed E-state index contributed by atoms with van der Waals surface area (Å²) in [6.07, 6.45) is 17.8. The molecule has 1 N–H and O–H groups in total. The van der Waals surface area contributed by atoms with Gasteiger partial charge in [-0.1, -0.05) is 103 Å². The summed E-state index contributed by atoms with van der Waals surface area (Å²) < 4.78 is 26.6. The van der Waals surface area contributed by atoms with Crippen LogP contribution in [-0.2, 0) is 10.0 Å². The molecule has 0 atom stereocenters. The van der Waals surface area contributed by atoms with Crippen molar-refractivity contribution in [3.05, 3.63) is 30.3 Å². The predicted octanol–water partition coefficient (Wildman–Crippen LogP) is 6.71. The highest BCUT2D eigenvalue weighted by Crippen LogP contribution is 2.14. The Morgan fingerprint density at radius 1 is 0.808 bits per heavy atom. The lowest BCUT2D eigenvalue weighted by molar-refractivity contribution is 0.537. The smallest absolute Gasteiger partial charge is 0.232 e. The Morgan fingerprint density at radius 3 is 1.77 bits per heavy atom. The van der Waals surface area contributed by atoms with E-state index < -0.39 is 10.0 Å². The predicted molar refractivity (Wildman–Crippen MR) is 113 cm³/mol. The molecule has 0 aliphatic heterocycles. The first kappa shape index (κ1) is 23.0. The monoisotopic (exact) mass is 380 g/mol. The molecule has 0 aromatic heterocycles. The van der Waals surface area contributed by atoms with Crippen molar-refractivity contribution in [1.29, 1.82) is 0 Å². The fraction of sp³-hybridized carbons (Fsp3) is 0.727. The average Bonchev–Trinajstić information content (AvgIpc) is 2.62. The van der Waals surface area contributed by atoms with Crippen LogP contribution in [0.5, 0.6) is 0 Å². The van der Waals surface area contributed by atoms with Crippen molar-refractivity contribution in [3.8, 4) is 0 Å². The lowest BCUT2D eigenvalue weighted by Gasteiger charge is -2.07. The molecule has 3 nitrogen and oxygen atoms in total. The number of anilines is 1. The van der Waals surface area contributed by atoms with Gasteiger partial charge >= 0.3 is 0 Å². The van der Waals surface area contributed by atoms with E-state index in [2.05, 4.69) is 17.7 Å². The Balaban J connectivity index is 1.88. The van der Waals surface area contributed by atoms with Gasteiger partial charge in [-0.05, 0) is 24.6 Å². The molecular weight excluding hydrogens is 342 g/mol. The Morgan fingerprint density at radius 2 is 1.31 bits per heavy atom. The van der Waals surface area contributed by atoms with Crippen LogP contribution in [0.4, 0.5) is 5.69 Å². The molecule has 0 saturated heterocycles. The van der Waals surface area contributed by atoms with Crippen LogP contribution in [-0.4, -0.2) is 14.2 Å². The summed E-state index contributed by atoms with van der Waals surface area (Å²) in [5.41, 5.74) is 0.595. The van der Waals surface area contributed by atoms with Crippen molar-refractivity contribution in [2.24, 2.45) is 0 Å². The van der Waals surface area contributed by atoms with Crippen LogP contribution in [0, 0.1) is 6.07 Å². The van der Waals surface area contributed by atoms with E-state index in [9.17, 15) is 8.42 Å². The van der Waals surface area contributed by atoms with Gasteiger partial charge in [0.05, 0.1) is 5.75 Å². The third-order valence-corrected chi connectivity index (χ3v) is 6.12. The molecule has 4 heteroatoms. The minimum atomic E-state index is -3.22. The van der Waals surface area contributed by atoms with Gasteiger partial charge in [-0.15, -0.1) is 0 Å². The molecule has 0 unspecified atom stereocenters. The molecule has 0 aliphatic carbocycles. The standard InChI is InChI=1S/C22H38NO2S/c1-2-3-4-5-6-7-8-9-10-11-12-13-14-18-21-26(24,25)23-22-19-16-15-17-20-22/h15-16,19-20,23H,2-14,18,21H2,1H3. The second-order valence-electron chi connectivity index (χ2n) is 7.31. The van der Waals surface area contributed by atoms with Crippen LogP contribution < -0.4 is 4.72 Å². The third kappa shape index (κ3) is 13.2. The van der Waals surface area contributed by atoms with Crippen molar-refractivity contribution in [3.63, 3.8) is 0 Å². The number of rotatable bonds is 17. The van der Waals surface area contributed by atoms with Gasteiger partial charge in [0.1, 0.15) is 0 Å². The summed E-state index contributed by atoms with van der Waals surface area (Å²) in [7, 11) is -3.22. The minimum absolute atomic E-state index is 0.208. The van der Waals surface area contributed by atoms with E-state index in [0.717, 1.165) is 19.3 Å². The van der Waals surface area contributed by atoms with E-state index in [1.54, 1.807) is 24.3 Å². The second kappa shape index (κ2) is 15.1. The van der Waals surface area contributed by atoms with E-state index in [1.807, 2.05) is 0 Å². The van der Waals surface area contributed by atoms with Gasteiger partial charge in [-0.2, -0.15) is 0 Å². The van der Waals surface area contributed by atoms with Crippen LogP contribution in [0.1, 0.15) is 96.8 Å². The molecule has 0 bridgehead atoms. The maximum atomic E-state index is 12.0. The Bertz CT molecular complexity index is 528. The van der Waals surface area contributed by atoms with Crippen LogP contribution in [0.15, 0.2) is 24.3 Å². The molecule has 0 aliphatic rings. The van der Waals surface area contributed by atoms with Crippen LogP contribution in [0.25, 0.3) is 0 Å². The number of benzene rings is 1. The average molecular weight is 381 g/mol. The maximum Gasteiger partial charge on any atom is 0.232 e. The summed E-state index contributed by atoms with van der Waals surface area (Å²) in [5.74, 6) is 0.208. The Hall–Kier alpha value is -1.03. The summed E-state index contributed by atoms with van der Waals surface area (Å²) in [6, 6.07) is 9.82. The van der Waals surface area contributed by atoms with Gasteiger partial charge in [0.2, 0.25) is 10.0 Å². The first-order valence-electron chi connectivity index (χ1n) is 10.6. The Labute approximate surface area is 162 Å². The third-order valence-electron chi connectivity index (χ3n) is 4.75. The first-order chi connectivity index (χ1) is 12.6. The van der Waals surface area contributed by atoms with Gasteiger partial charge < -0.3 is 0 Å². The molecule has 0 spiro atoms. The molecule has 0 saturated carbocycles. The summed E-state index contributed by atoms with van der Waals surface area (Å²) >= 11 is 0. The quantitative estimate of drug-likeness (QED) is 0.305. The SMILES string of the molecule is CCCCCCCCCCCCCCCCS(=O)(=O)Nc1c[c]ccc1. The number of unbranched alkanes of at least 4 members (excludes halogenated alkanes) is 13. The lowest BCUT2D eigenvalue weighted by atomic mass is 10.0. The summed E-state index contributed by atoms with van der Waals surface area (Å²) in [6.45, 7) is 2.26. The van der Waals surface area contributed by atoms with Gasteiger partial charge in [-0.25, -0.2) is 8.42 Å². The zero-order valence-electron chi connectivity index (χ0n) is 16.6. The number of nitrogens with one attached hydrogen (secondary N) is 1. The molecule has 26 heavy (non-hydrogen) atoms. The molecule has 0 heterocycles. The van der Waals surface area contributed by atoms with Crippen LogP contribution in [0.3, 0.4) is 0 Å². The Kier molecular flexibility index (Phi) is 13.3. The van der Waals surface area contributed by atoms with Crippen molar-refractivity contribution in [1.82, 2.24) is 0 Å². The number of hydrogen-bond donors (Lipinski definition) is 1. The number of sulfonamides is 1. The van der Waals surface area contributed by atoms with E-state index in [1.165, 1.54) is 70.6 Å². The molecular formula is C22H38NO2S. The maximum absolute atomic E-state index is 12.0. The molecule has 0 fully saturated rings. The minimum Gasteiger partial charge on any atom is -0.284 e. The molecule has 1 rings (SSSR count). The van der Waals surface area contributed by atoms with Crippen LogP contribution in [0.2, 0.25) is 0 Å². The number of hydrogen-bond acceptors (Lipinski definition) is 2. The van der Waals surface area contributed by atoms with Crippen molar-refractivity contribution in [2.45, 2.75) is 96.8 Å². The van der Waals surface area contributed by atoms with Crippen LogP contribution >= 0.6 is 0 Å². The molecule has 0 amide bonds. The van der Waals surface area contributed by atoms with Crippen molar-refractivity contribution in [2.75, 3.05) is 10.5 Å². The highest BCUT2D eigenvalue weighted by atomic mass is 32.2.